The topological polar surface area (TPSA) is 28.2 Å². The van der Waals surface area contributed by atoms with Crippen LogP contribution in [0.2, 0.25) is 0 Å². The molecule has 0 saturated carbocycles. The van der Waals surface area contributed by atoms with Crippen LogP contribution in [0, 0.1) is 5.92 Å². The molecule has 0 bridgehead atoms. The van der Waals surface area contributed by atoms with Crippen molar-refractivity contribution in [2.45, 2.75) is 53.1 Å². The summed E-state index contributed by atoms with van der Waals surface area (Å²) in [6.07, 6.45) is 4.36. The summed E-state index contributed by atoms with van der Waals surface area (Å²) < 4.78 is 0. The number of thioether (sulfide) groups is 1. The Morgan fingerprint density at radius 1 is 1.33 bits per heavy atom. The molecule has 0 fully saturated rings. The highest BCUT2D eigenvalue weighted by atomic mass is 32.2. The second-order valence-corrected chi connectivity index (χ2v) is 7.85. The van der Waals surface area contributed by atoms with Crippen LogP contribution in [0.3, 0.4) is 0 Å². The Hall–Kier alpha value is -0.260. The molecule has 21 heavy (non-hydrogen) atoms. The van der Waals surface area contributed by atoms with E-state index in [1.165, 1.54) is 22.1 Å². The van der Waals surface area contributed by atoms with Crippen molar-refractivity contribution in [3.05, 3.63) is 10.6 Å². The lowest BCUT2D eigenvalue weighted by atomic mass is 10.2. The molecule has 0 radical (unpaired) electrons. The van der Waals surface area contributed by atoms with E-state index in [-0.39, 0.29) is 0 Å². The van der Waals surface area contributed by atoms with Crippen LogP contribution in [0.4, 0.5) is 5.13 Å². The average molecular weight is 330 g/mol. The van der Waals surface area contributed by atoms with Crippen molar-refractivity contribution in [3.8, 4) is 0 Å². The number of hydrogen-bond donors (Lipinski definition) is 1. The van der Waals surface area contributed by atoms with E-state index in [1.807, 2.05) is 23.1 Å². The number of thiazole rings is 1. The molecule has 1 aromatic rings. The van der Waals surface area contributed by atoms with Crippen LogP contribution in [0.5, 0.6) is 0 Å². The Bertz CT molecular complexity index is 404. The van der Waals surface area contributed by atoms with E-state index in [2.05, 4.69) is 51.2 Å². The van der Waals surface area contributed by atoms with Crippen molar-refractivity contribution < 1.29 is 0 Å². The number of aryl methyl sites for hydroxylation is 1. The fourth-order valence-electron chi connectivity index (χ4n) is 2.26. The van der Waals surface area contributed by atoms with Gasteiger partial charge in [-0.25, -0.2) is 4.98 Å². The van der Waals surface area contributed by atoms with Crippen molar-refractivity contribution in [1.82, 2.24) is 10.3 Å². The van der Waals surface area contributed by atoms with Crippen molar-refractivity contribution in [3.63, 3.8) is 0 Å². The molecule has 0 aliphatic heterocycles. The van der Waals surface area contributed by atoms with Crippen LogP contribution in [0.1, 0.15) is 44.7 Å². The summed E-state index contributed by atoms with van der Waals surface area (Å²) in [6, 6.07) is 0.576. The van der Waals surface area contributed by atoms with Crippen LogP contribution in [0.25, 0.3) is 0 Å². The smallest absolute Gasteiger partial charge is 0.185 e. The highest BCUT2D eigenvalue weighted by Gasteiger charge is 2.18. The molecule has 1 atom stereocenters. The van der Waals surface area contributed by atoms with E-state index in [0.29, 0.717) is 12.0 Å². The van der Waals surface area contributed by atoms with Gasteiger partial charge in [0.1, 0.15) is 0 Å². The first-order valence-electron chi connectivity index (χ1n) is 7.94. The molecule has 0 spiro atoms. The van der Waals surface area contributed by atoms with Gasteiger partial charge in [0.2, 0.25) is 0 Å². The zero-order valence-corrected chi connectivity index (χ0v) is 16.0. The molecule has 0 saturated heterocycles. The lowest BCUT2D eigenvalue weighted by molar-refractivity contribution is 0.553. The Morgan fingerprint density at radius 2 is 2.05 bits per heavy atom. The molecule has 3 nitrogen and oxygen atoms in total. The molecular formula is C16H31N3S2. The second kappa shape index (κ2) is 9.70. The normalized spacial score (nSPS) is 12.9. The van der Waals surface area contributed by atoms with Gasteiger partial charge in [0.15, 0.2) is 5.13 Å². The Balaban J connectivity index is 2.77. The maximum atomic E-state index is 4.87. The van der Waals surface area contributed by atoms with Gasteiger partial charge in [-0.05, 0) is 31.6 Å². The second-order valence-electron chi connectivity index (χ2n) is 5.87. The minimum atomic E-state index is 0.576. The van der Waals surface area contributed by atoms with Crippen molar-refractivity contribution in [2.24, 2.45) is 5.92 Å². The maximum Gasteiger partial charge on any atom is 0.185 e. The van der Waals surface area contributed by atoms with Gasteiger partial charge in [-0.15, -0.1) is 11.3 Å². The third kappa shape index (κ3) is 5.80. The monoisotopic (exact) mass is 329 g/mol. The zero-order chi connectivity index (χ0) is 15.8. The summed E-state index contributed by atoms with van der Waals surface area (Å²) in [5.41, 5.74) is 1.26. The minimum Gasteiger partial charge on any atom is -0.347 e. The van der Waals surface area contributed by atoms with Crippen LogP contribution in [-0.4, -0.2) is 36.6 Å². The highest BCUT2D eigenvalue weighted by Crippen LogP contribution is 2.28. The van der Waals surface area contributed by atoms with Gasteiger partial charge in [-0.3, -0.25) is 0 Å². The quantitative estimate of drug-likeness (QED) is 0.701. The Kier molecular flexibility index (Phi) is 8.67. The average Bonchev–Trinajstić information content (AvgIpc) is 2.87. The molecule has 0 aliphatic carbocycles. The summed E-state index contributed by atoms with van der Waals surface area (Å²) in [7, 11) is 2.19. The third-order valence-corrected chi connectivity index (χ3v) is 5.53. The van der Waals surface area contributed by atoms with Gasteiger partial charge in [-0.1, -0.05) is 27.7 Å². The van der Waals surface area contributed by atoms with Gasteiger partial charge in [0.05, 0.1) is 5.69 Å². The zero-order valence-electron chi connectivity index (χ0n) is 14.4. The molecule has 1 rings (SSSR count). The molecule has 1 unspecified atom stereocenters. The molecule has 122 valence electrons. The van der Waals surface area contributed by atoms with Gasteiger partial charge in [-0.2, -0.15) is 11.8 Å². The minimum absolute atomic E-state index is 0.576. The van der Waals surface area contributed by atoms with Crippen molar-refractivity contribution in [2.75, 3.05) is 30.5 Å². The SMILES string of the molecule is CCc1nc(N(C)C(CC)CSC)sc1CNCC(C)C. The van der Waals surface area contributed by atoms with E-state index < -0.39 is 0 Å². The lowest BCUT2D eigenvalue weighted by Gasteiger charge is -2.26. The molecular weight excluding hydrogens is 298 g/mol. The first-order chi connectivity index (χ1) is 10.0. The largest absolute Gasteiger partial charge is 0.347 e. The van der Waals surface area contributed by atoms with E-state index >= 15 is 0 Å². The van der Waals surface area contributed by atoms with Gasteiger partial charge >= 0.3 is 0 Å². The van der Waals surface area contributed by atoms with E-state index in [1.54, 1.807) is 0 Å². The predicted octanol–water partition coefficient (Wildman–Crippen LogP) is 4.03. The van der Waals surface area contributed by atoms with Gasteiger partial charge in [0, 0.05) is 30.3 Å². The highest BCUT2D eigenvalue weighted by molar-refractivity contribution is 7.98. The van der Waals surface area contributed by atoms with Crippen LogP contribution < -0.4 is 10.2 Å². The fraction of sp³-hybridized carbons (Fsp3) is 0.812. The number of hydrogen-bond acceptors (Lipinski definition) is 5. The standard InChI is InChI=1S/C16H31N3S2/c1-7-13(11-20-6)19(5)16-18-14(8-2)15(21-16)10-17-9-12(3)4/h12-13,17H,7-11H2,1-6H3. The molecule has 0 aromatic carbocycles. The number of nitrogens with zero attached hydrogens (tertiary/aromatic N) is 2. The Morgan fingerprint density at radius 3 is 2.57 bits per heavy atom. The van der Waals surface area contributed by atoms with Gasteiger partial charge in [0.25, 0.3) is 0 Å². The summed E-state index contributed by atoms with van der Waals surface area (Å²) in [4.78, 5) is 8.64. The van der Waals surface area contributed by atoms with Crippen molar-refractivity contribution in [1.29, 1.82) is 0 Å². The predicted molar refractivity (Wildman–Crippen MR) is 98.9 cm³/mol. The van der Waals surface area contributed by atoms with E-state index in [4.69, 9.17) is 4.98 Å². The van der Waals surface area contributed by atoms with E-state index in [0.717, 1.165) is 25.3 Å². The molecule has 1 heterocycles. The molecule has 0 aliphatic rings. The third-order valence-electron chi connectivity index (χ3n) is 3.62. The van der Waals surface area contributed by atoms with E-state index in [9.17, 15) is 0 Å². The summed E-state index contributed by atoms with van der Waals surface area (Å²) in [6.45, 7) is 11.0. The van der Waals surface area contributed by atoms with Crippen LogP contribution >= 0.6 is 23.1 Å². The number of rotatable bonds is 10. The summed E-state index contributed by atoms with van der Waals surface area (Å²) in [5, 5.41) is 4.72. The summed E-state index contributed by atoms with van der Waals surface area (Å²) in [5.74, 6) is 1.85. The maximum absolute atomic E-state index is 4.87. The number of nitrogens with one attached hydrogen (secondary N) is 1. The Labute approximate surface area is 138 Å². The molecule has 5 heteroatoms. The molecule has 1 aromatic heterocycles. The first kappa shape index (κ1) is 18.8. The fourth-order valence-corrected chi connectivity index (χ4v) is 4.26. The first-order valence-corrected chi connectivity index (χ1v) is 10.1. The number of aromatic nitrogens is 1. The molecule has 0 amide bonds. The lowest BCUT2D eigenvalue weighted by Crippen LogP contribution is -2.33. The van der Waals surface area contributed by atoms with Crippen molar-refractivity contribution >= 4 is 28.2 Å². The van der Waals surface area contributed by atoms with Crippen LogP contribution in [-0.2, 0) is 13.0 Å². The molecule has 1 N–H and O–H groups in total. The summed E-state index contributed by atoms with van der Waals surface area (Å²) >= 11 is 3.77. The number of anilines is 1. The van der Waals surface area contributed by atoms with Gasteiger partial charge < -0.3 is 10.2 Å². The van der Waals surface area contributed by atoms with Crippen LogP contribution in [0.15, 0.2) is 0 Å².